The molecule has 17 nitrogen and oxygen atoms in total. The van der Waals surface area contributed by atoms with Crippen LogP contribution >= 0.6 is 65.3 Å². The highest BCUT2D eigenvalue weighted by molar-refractivity contribution is 7.59. The molecule has 9 rings (SSSR count). The molecular formula is C51H69FN10O7S5. The van der Waals surface area contributed by atoms with Gasteiger partial charge in [-0.05, 0) is 80.7 Å². The van der Waals surface area contributed by atoms with Gasteiger partial charge in [0, 0.05) is 41.7 Å². The summed E-state index contributed by atoms with van der Waals surface area (Å²) in [6.07, 6.45) is 8.15. The molecule has 74 heavy (non-hydrogen) atoms. The molecule has 402 valence electrons. The predicted octanol–water partition coefficient (Wildman–Crippen LogP) is 10.1. The number of thiazole rings is 1. The van der Waals surface area contributed by atoms with E-state index in [4.69, 9.17) is 29.2 Å². The number of nitrogens with zero attached hydrogens (tertiary/aromatic N) is 6. The minimum atomic E-state index is -0.776. The van der Waals surface area contributed by atoms with Gasteiger partial charge >= 0.3 is 12.2 Å². The molecule has 0 radical (unpaired) electrons. The number of rotatable bonds is 14. The first-order valence-corrected chi connectivity index (χ1v) is 25.1. The summed E-state index contributed by atoms with van der Waals surface area (Å²) in [7, 11) is 2.55. The number of carbonyl (C=O) groups is 4. The topological polar surface area (TPSA) is 202 Å². The number of nitrogens with one attached hydrogen (secondary N) is 4. The lowest BCUT2D eigenvalue weighted by atomic mass is 10.0. The maximum absolute atomic E-state index is 17.0. The predicted molar refractivity (Wildman–Crippen MR) is 304 cm³/mol. The number of H-pyrrole nitrogens is 2. The van der Waals surface area contributed by atoms with Crippen molar-refractivity contribution in [1.29, 1.82) is 0 Å². The number of methoxy groups -OCH3 is 2. The third kappa shape index (κ3) is 11.4. The first-order chi connectivity index (χ1) is 33.7. The van der Waals surface area contributed by atoms with Crippen LogP contribution in [0.25, 0.3) is 44.7 Å². The van der Waals surface area contributed by atoms with Gasteiger partial charge in [-0.15, -0.1) is 11.3 Å². The van der Waals surface area contributed by atoms with Crippen LogP contribution in [-0.2, 0) is 19.1 Å². The van der Waals surface area contributed by atoms with E-state index in [9.17, 15) is 19.2 Å². The zero-order valence-corrected chi connectivity index (χ0v) is 47.6. The Morgan fingerprint density at radius 3 is 1.81 bits per heavy atom. The van der Waals surface area contributed by atoms with Gasteiger partial charge in [0.1, 0.15) is 35.3 Å². The van der Waals surface area contributed by atoms with Gasteiger partial charge in [0.25, 0.3) is 0 Å². The fourth-order valence-corrected chi connectivity index (χ4v) is 11.4. The van der Waals surface area contributed by atoms with Crippen LogP contribution in [0.3, 0.4) is 0 Å². The van der Waals surface area contributed by atoms with Gasteiger partial charge in [-0.3, -0.25) is 14.2 Å². The van der Waals surface area contributed by atoms with E-state index < -0.39 is 36.3 Å². The van der Waals surface area contributed by atoms with E-state index in [0.29, 0.717) is 65.3 Å². The highest BCUT2D eigenvalue weighted by Gasteiger charge is 2.40. The third-order valence-corrected chi connectivity index (χ3v) is 15.2. The van der Waals surface area contributed by atoms with E-state index in [0.717, 1.165) is 64.1 Å². The number of ether oxygens (including phenoxy) is 3. The second-order valence-corrected chi connectivity index (χ2v) is 20.1. The van der Waals surface area contributed by atoms with Gasteiger partial charge in [-0.2, -0.15) is 54.0 Å². The van der Waals surface area contributed by atoms with Crippen molar-refractivity contribution in [2.45, 2.75) is 116 Å². The second-order valence-electron chi connectivity index (χ2n) is 19.0. The molecule has 3 aliphatic rings. The van der Waals surface area contributed by atoms with Gasteiger partial charge in [0.2, 0.25) is 18.0 Å². The summed E-state index contributed by atoms with van der Waals surface area (Å²) in [6.45, 7) is 12.9. The molecule has 3 aliphatic heterocycles. The van der Waals surface area contributed by atoms with E-state index in [1.807, 2.05) is 68.8 Å². The second kappa shape index (κ2) is 25.0. The zero-order chi connectivity index (χ0) is 49.5. The molecule has 4 amide bonds. The molecule has 0 saturated carbocycles. The number of carbonyl (C=O) groups excluding carboxylic acids is 4. The monoisotopic (exact) mass is 1110 g/mol. The van der Waals surface area contributed by atoms with Crippen molar-refractivity contribution in [3.8, 4) is 39.5 Å². The number of aromatic nitrogens is 6. The largest absolute Gasteiger partial charge is 0.464 e. The molecule has 7 heterocycles. The molecule has 5 atom stereocenters. The van der Waals surface area contributed by atoms with E-state index in [1.54, 1.807) is 33.5 Å². The maximum atomic E-state index is 17.0. The first-order valence-electron chi connectivity index (χ1n) is 24.2. The summed E-state index contributed by atoms with van der Waals surface area (Å²) in [5, 5.41) is 7.28. The van der Waals surface area contributed by atoms with Gasteiger partial charge in [0.15, 0.2) is 0 Å². The first kappa shape index (κ1) is 59.5. The number of aromatic amines is 2. The molecule has 4 aromatic heterocycles. The van der Waals surface area contributed by atoms with E-state index in [-0.39, 0.29) is 89.7 Å². The lowest BCUT2D eigenvalue weighted by Crippen LogP contribution is -2.51. The van der Waals surface area contributed by atoms with Crippen molar-refractivity contribution in [2.24, 2.45) is 11.8 Å². The molecule has 2 saturated heterocycles. The van der Waals surface area contributed by atoms with Crippen molar-refractivity contribution in [3.05, 3.63) is 82.3 Å². The number of imidazole rings is 2. The molecule has 6 aromatic rings. The van der Waals surface area contributed by atoms with Crippen LogP contribution in [-0.4, -0.2) is 103 Å². The van der Waals surface area contributed by atoms with E-state index in [1.165, 1.54) is 20.3 Å². The van der Waals surface area contributed by atoms with Crippen molar-refractivity contribution < 1.29 is 37.8 Å². The Bertz CT molecular complexity index is 2940. The minimum absolute atomic E-state index is 0. The fourth-order valence-electron chi connectivity index (χ4n) is 10.2. The Labute approximate surface area is 462 Å². The Hall–Kier alpha value is -5.36. The fraction of sp³-hybridized carbons (Fsp3) is 0.471. The van der Waals surface area contributed by atoms with Gasteiger partial charge in [-0.25, -0.2) is 28.9 Å². The van der Waals surface area contributed by atoms with Crippen molar-refractivity contribution in [2.75, 3.05) is 27.3 Å². The third-order valence-electron chi connectivity index (χ3n) is 14.0. The highest BCUT2D eigenvalue weighted by atomic mass is 32.1. The molecule has 0 aliphatic carbocycles. The number of hydrogen-bond donors (Lipinski definition) is 4. The molecule has 23 heteroatoms. The Balaban J connectivity index is 0.00000253. The van der Waals surface area contributed by atoms with Crippen molar-refractivity contribution in [1.82, 2.24) is 49.9 Å². The molecule has 2 aromatic carbocycles. The van der Waals surface area contributed by atoms with Crippen LogP contribution < -0.4 is 15.4 Å². The SMILES string of the molecule is CCC(CC)c1ncc(C2Oc3cc(-c4cnc([C@@H]5CCCN5C(=O)[C@@H](NC(=O)OC)C(C)C)[nH]4)cc(F)c3-c3cc4cc(-c5cnc([C@@H]6CCCN6C(=O)[C@@H](NC(=O)OC)C(C)C)[nH]5)ccc4n32)s1.S.S.S.S. The average Bonchev–Trinajstić information content (AvgIpc) is 4.21. The summed E-state index contributed by atoms with van der Waals surface area (Å²) < 4.78 is 35.5. The summed E-state index contributed by atoms with van der Waals surface area (Å²) in [5.74, 6) is 0.671. The average molecular weight is 1110 g/mol. The maximum Gasteiger partial charge on any atom is 0.407 e. The van der Waals surface area contributed by atoms with E-state index >= 15 is 4.39 Å². The van der Waals surface area contributed by atoms with Crippen molar-refractivity contribution in [3.63, 3.8) is 0 Å². The number of alkyl carbamates (subject to hydrolysis) is 2. The number of hydrogen-bond acceptors (Lipinski definition) is 11. The number of amides is 4. The number of benzene rings is 2. The van der Waals surface area contributed by atoms with Gasteiger partial charge < -0.3 is 44.6 Å². The van der Waals surface area contributed by atoms with Crippen LogP contribution in [0.2, 0.25) is 0 Å². The Morgan fingerprint density at radius 2 is 1.30 bits per heavy atom. The van der Waals surface area contributed by atoms with Crippen LogP contribution in [0.4, 0.5) is 14.0 Å². The summed E-state index contributed by atoms with van der Waals surface area (Å²) in [4.78, 5) is 77.6. The quantitative estimate of drug-likeness (QED) is 0.0813. The number of likely N-dealkylation sites (tertiary alicyclic amines) is 2. The number of halogens is 1. The lowest BCUT2D eigenvalue weighted by molar-refractivity contribution is -0.136. The number of fused-ring (bicyclic) bond motifs is 5. The van der Waals surface area contributed by atoms with Gasteiger partial charge in [-0.1, -0.05) is 47.6 Å². The Kier molecular flexibility index (Phi) is 20.1. The summed E-state index contributed by atoms with van der Waals surface area (Å²) in [6, 6.07) is 9.19. The minimum Gasteiger partial charge on any atom is -0.464 e. The molecule has 0 bridgehead atoms. The summed E-state index contributed by atoms with van der Waals surface area (Å²) in [5.41, 5.74) is 4.53. The molecule has 0 spiro atoms. The van der Waals surface area contributed by atoms with Crippen LogP contribution in [0.15, 0.2) is 55.0 Å². The zero-order valence-electron chi connectivity index (χ0n) is 42.8. The molecule has 1 unspecified atom stereocenters. The lowest BCUT2D eigenvalue weighted by Gasteiger charge is -2.30. The van der Waals surface area contributed by atoms with Gasteiger partial charge in [0.05, 0.1) is 76.7 Å². The smallest absolute Gasteiger partial charge is 0.407 e. The molecule has 2 fully saturated rings. The van der Waals surface area contributed by atoms with E-state index in [2.05, 4.69) is 34.4 Å². The summed E-state index contributed by atoms with van der Waals surface area (Å²) >= 11 is 1.61. The van der Waals surface area contributed by atoms with Crippen LogP contribution in [0.1, 0.15) is 126 Å². The van der Waals surface area contributed by atoms with Crippen molar-refractivity contribution >= 4 is 100 Å². The Morgan fingerprint density at radius 1 is 0.757 bits per heavy atom. The normalized spacial score (nSPS) is 17.5. The molecule has 4 N–H and O–H groups in total. The molecular weight excluding hydrogens is 1040 g/mol. The van der Waals surface area contributed by atoms with Crippen LogP contribution in [0.5, 0.6) is 5.75 Å². The van der Waals surface area contributed by atoms with Crippen LogP contribution in [0, 0.1) is 17.7 Å². The highest BCUT2D eigenvalue weighted by Crippen LogP contribution is 2.49. The standard InChI is InChI=1S/C51H61FN10O7S.4H2S/c1-9-28(10-2)46-55-25-40(70-46)49-62-35-16-15-29(33-23-53-44(56-33)36-13-11-17-60(36)47(63)42(26(3)4)58-50(65)67-7)19-31(35)21-38(62)41-32(52)20-30(22-39(41)69-49)34-24-54-45(57-34)37-14-12-18-61(37)48(64)43(27(5)6)59-51(66)68-8;;;;/h15-16,19-28,36-37,42-43,49H,9-14,17-18H2,1-8H3,(H,53,56)(H,54,57)(H,58,65)(H,59,66);4*1H2/t36-,37-,42-,43-,49?;;;;/m0..../s1.